The molecule has 18 heteroatoms. The van der Waals surface area contributed by atoms with Crippen molar-refractivity contribution in [3.8, 4) is 16.6 Å². The maximum atomic E-state index is 14.9. The Morgan fingerprint density at radius 2 is 1.78 bits per heavy atom. The molecule has 2 aromatic carbocycles. The molecular formula is C45H58F3N7O6S2. The maximum absolute atomic E-state index is 14.9. The van der Waals surface area contributed by atoms with E-state index < -0.39 is 74.5 Å². The van der Waals surface area contributed by atoms with E-state index in [1.807, 2.05) is 48.9 Å². The molecule has 1 saturated carbocycles. The van der Waals surface area contributed by atoms with Gasteiger partial charge in [-0.25, -0.2) is 13.4 Å². The van der Waals surface area contributed by atoms with E-state index in [4.69, 9.17) is 14.7 Å². The molecule has 5 unspecified atom stereocenters. The van der Waals surface area contributed by atoms with E-state index in [1.54, 1.807) is 20.8 Å². The van der Waals surface area contributed by atoms with Crippen LogP contribution in [-0.4, -0.2) is 81.6 Å². The molecular weight excluding hydrogens is 856 g/mol. The summed E-state index contributed by atoms with van der Waals surface area (Å²) in [6.07, 6.45) is -2.17. The van der Waals surface area contributed by atoms with E-state index in [0.717, 1.165) is 40.3 Å². The molecule has 13 nitrogen and oxygen atoms in total. The summed E-state index contributed by atoms with van der Waals surface area (Å²) in [6.45, 7) is 19.0. The Morgan fingerprint density at radius 1 is 1.06 bits per heavy atom. The molecule has 1 aliphatic carbocycles. The van der Waals surface area contributed by atoms with Crippen molar-refractivity contribution in [3.63, 3.8) is 0 Å². The fourth-order valence-corrected chi connectivity index (χ4v) is 10.1. The normalized spacial score (nSPS) is 20.8. The van der Waals surface area contributed by atoms with Crippen LogP contribution in [0.1, 0.15) is 111 Å². The third kappa shape index (κ3) is 10.4. The number of nitrogens with zero attached hydrogens (tertiary/aromatic N) is 4. The molecule has 1 saturated heterocycles. The van der Waals surface area contributed by atoms with Crippen LogP contribution >= 0.6 is 11.3 Å². The van der Waals surface area contributed by atoms with Gasteiger partial charge in [-0.3, -0.25) is 23.7 Å². The molecule has 0 spiro atoms. The molecule has 63 heavy (non-hydrogen) atoms. The second-order valence-electron chi connectivity index (χ2n) is 18.2. The van der Waals surface area contributed by atoms with Crippen LogP contribution < -0.4 is 20.1 Å². The Balaban J connectivity index is 1.36. The zero-order valence-corrected chi connectivity index (χ0v) is 38.6. The number of likely N-dealkylation sites (tertiary alicyclic amines) is 1. The topological polar surface area (TPSA) is 165 Å². The van der Waals surface area contributed by atoms with Crippen molar-refractivity contribution in [1.29, 1.82) is 0 Å². The van der Waals surface area contributed by atoms with Gasteiger partial charge in [0.1, 0.15) is 34.3 Å². The third-order valence-corrected chi connectivity index (χ3v) is 13.8. The van der Waals surface area contributed by atoms with Gasteiger partial charge in [0.2, 0.25) is 21.8 Å². The monoisotopic (exact) mass is 913 g/mol. The third-order valence-electron chi connectivity index (χ3n) is 11.6. The minimum atomic E-state index is -4.63. The first-order valence-electron chi connectivity index (χ1n) is 21.4. The molecule has 4 aromatic rings. The molecule has 3 N–H and O–H groups in total. The number of benzene rings is 2. The first kappa shape index (κ1) is 47.5. The number of rotatable bonds is 17. The zero-order valence-electron chi connectivity index (χ0n) is 37.0. The number of halogens is 3. The van der Waals surface area contributed by atoms with Crippen LogP contribution in [0, 0.1) is 11.3 Å². The molecule has 5 atom stereocenters. The summed E-state index contributed by atoms with van der Waals surface area (Å²) in [5.41, 5.74) is -0.154. The van der Waals surface area contributed by atoms with Crippen molar-refractivity contribution >= 4 is 55.8 Å². The smallest absolute Gasteiger partial charge is 0.416 e. The molecule has 0 radical (unpaired) electrons. The Bertz CT molecular complexity index is 2460. The number of nitrogens with one attached hydrogen (secondary N) is 3. The van der Waals surface area contributed by atoms with E-state index in [2.05, 4.69) is 35.8 Å². The highest BCUT2D eigenvalue weighted by molar-refractivity contribution is 7.90. The highest BCUT2D eigenvalue weighted by atomic mass is 32.2. The van der Waals surface area contributed by atoms with Gasteiger partial charge in [0.15, 0.2) is 0 Å². The first-order chi connectivity index (χ1) is 29.5. The first-order valence-corrected chi connectivity index (χ1v) is 23.9. The number of unbranched alkanes of at least 4 members (excludes halogenated alkanes) is 2. The highest BCUT2D eigenvalue weighted by Crippen LogP contribution is 2.45. The van der Waals surface area contributed by atoms with Crippen LogP contribution in [0.4, 0.5) is 18.9 Å². The SMILES string of the molecule is C=CC1CC1(NC(=O)C1CC(Oc2nc3c(-c4nc(C(C)C)cs4)cccc3n2C(C)C)CN1C(=O)C(Nc1cccc(C(F)(F)F)c1)C(C)(C)C)C(=O)NS(=O)(=O)CCCCC. The number of imidazole rings is 1. The van der Waals surface area contributed by atoms with Gasteiger partial charge in [-0.1, -0.05) is 72.6 Å². The number of carbonyl (C=O) groups is 3. The van der Waals surface area contributed by atoms with Crippen LogP contribution in [0.2, 0.25) is 0 Å². The number of para-hydroxylation sites is 1. The summed E-state index contributed by atoms with van der Waals surface area (Å²) in [6, 6.07) is 8.08. The quantitative estimate of drug-likeness (QED) is 0.0697. The van der Waals surface area contributed by atoms with Gasteiger partial charge in [0, 0.05) is 35.0 Å². The minimum Gasteiger partial charge on any atom is -0.459 e. The van der Waals surface area contributed by atoms with Gasteiger partial charge >= 0.3 is 6.18 Å². The lowest BCUT2D eigenvalue weighted by molar-refractivity contribution is -0.141. The van der Waals surface area contributed by atoms with Crippen LogP contribution in [0.3, 0.4) is 0 Å². The fraction of sp³-hybridized carbons (Fsp3) is 0.533. The molecule has 2 fully saturated rings. The molecule has 2 aliphatic rings. The predicted molar refractivity (Wildman–Crippen MR) is 239 cm³/mol. The minimum absolute atomic E-state index is 0.0517. The zero-order chi connectivity index (χ0) is 46.2. The second-order valence-corrected chi connectivity index (χ2v) is 20.9. The van der Waals surface area contributed by atoms with Crippen molar-refractivity contribution in [2.45, 2.75) is 129 Å². The van der Waals surface area contributed by atoms with Gasteiger partial charge in [0.25, 0.3) is 11.9 Å². The fourth-order valence-electron chi connectivity index (χ4n) is 7.98. The van der Waals surface area contributed by atoms with Crippen LogP contribution in [0.15, 0.2) is 60.5 Å². The van der Waals surface area contributed by atoms with Gasteiger partial charge in [-0.15, -0.1) is 17.9 Å². The van der Waals surface area contributed by atoms with E-state index in [9.17, 15) is 36.0 Å². The number of fused-ring (bicyclic) bond motifs is 1. The number of carbonyl (C=O) groups excluding carboxylic acids is 3. The maximum Gasteiger partial charge on any atom is 0.416 e. The number of aromatic nitrogens is 3. The molecule has 6 rings (SSSR count). The molecule has 2 aromatic heterocycles. The molecule has 0 bridgehead atoms. The number of hydrogen-bond acceptors (Lipinski definition) is 10. The number of sulfonamides is 1. The average molecular weight is 914 g/mol. The number of thiazole rings is 1. The van der Waals surface area contributed by atoms with Crippen LogP contribution in [0.25, 0.3) is 21.6 Å². The van der Waals surface area contributed by atoms with E-state index >= 15 is 0 Å². The van der Waals surface area contributed by atoms with Gasteiger partial charge < -0.3 is 20.3 Å². The van der Waals surface area contributed by atoms with Gasteiger partial charge in [0.05, 0.1) is 29.1 Å². The summed E-state index contributed by atoms with van der Waals surface area (Å²) in [4.78, 5) is 54.4. The number of hydrogen-bond donors (Lipinski definition) is 3. The van der Waals surface area contributed by atoms with Crippen molar-refractivity contribution < 1.29 is 40.7 Å². The summed E-state index contributed by atoms with van der Waals surface area (Å²) < 4.78 is 77.9. The number of ether oxygens (including phenoxy) is 1. The molecule has 342 valence electrons. The molecule has 3 heterocycles. The van der Waals surface area contributed by atoms with Crippen molar-refractivity contribution in [3.05, 3.63) is 71.8 Å². The lowest BCUT2D eigenvalue weighted by Crippen LogP contribution is -2.58. The summed E-state index contributed by atoms with van der Waals surface area (Å²) >= 11 is 1.52. The molecule has 1 aliphatic heterocycles. The van der Waals surface area contributed by atoms with Crippen LogP contribution in [-0.2, 0) is 30.6 Å². The Labute approximate surface area is 371 Å². The summed E-state index contributed by atoms with van der Waals surface area (Å²) in [5.74, 6) is -2.85. The lowest BCUT2D eigenvalue weighted by atomic mass is 9.85. The van der Waals surface area contributed by atoms with Gasteiger partial charge in [-0.2, -0.15) is 18.2 Å². The number of alkyl halides is 3. The number of anilines is 1. The average Bonchev–Trinajstić information content (AvgIpc) is 3.54. The van der Waals surface area contributed by atoms with Gasteiger partial charge in [-0.05, 0) is 68.4 Å². The van der Waals surface area contributed by atoms with E-state index in [0.29, 0.717) is 18.4 Å². The largest absolute Gasteiger partial charge is 0.459 e. The lowest BCUT2D eigenvalue weighted by Gasteiger charge is -2.36. The van der Waals surface area contributed by atoms with E-state index in [1.165, 1.54) is 34.4 Å². The second kappa shape index (κ2) is 18.3. The Hall–Kier alpha value is -4.97. The van der Waals surface area contributed by atoms with Crippen molar-refractivity contribution in [2.75, 3.05) is 17.6 Å². The summed E-state index contributed by atoms with van der Waals surface area (Å²) in [5, 5.41) is 8.64. The highest BCUT2D eigenvalue weighted by Gasteiger charge is 2.61. The van der Waals surface area contributed by atoms with Crippen molar-refractivity contribution in [1.82, 2.24) is 29.5 Å². The van der Waals surface area contributed by atoms with Crippen LogP contribution in [0.5, 0.6) is 6.01 Å². The van der Waals surface area contributed by atoms with E-state index in [-0.39, 0.29) is 48.8 Å². The Kier molecular flexibility index (Phi) is 13.8. The Morgan fingerprint density at radius 3 is 2.38 bits per heavy atom. The molecule has 3 amide bonds. The van der Waals surface area contributed by atoms with Crippen molar-refractivity contribution in [2.24, 2.45) is 11.3 Å². The standard InChI is InChI=1S/C45H58F3N7O6S2/c1-10-12-13-20-63(59,60)53-41(58)44(23-28(44)11-2)52-38(56)35-22-31(24-54(35)40(57)37(43(7,8)9)49-30-17-14-16-29(21-30)45(46,47)48)61-42-51-36-32(39-50-33(25-62-39)26(3)4)18-15-19-34(36)55(42)27(5)6/h11,14-19,21,25-28,31,35,37,49H,2,10,12-13,20,22-24H2,1,3-9H3,(H,52,56)(H,53,58). The predicted octanol–water partition coefficient (Wildman–Crippen LogP) is 8.46. The summed E-state index contributed by atoms with van der Waals surface area (Å²) in [7, 11) is -4.03. The number of amides is 3.